The van der Waals surface area contributed by atoms with Crippen LogP contribution in [0.1, 0.15) is 22.3 Å². The van der Waals surface area contributed by atoms with Gasteiger partial charge in [-0.05, 0) is 48.2 Å². The van der Waals surface area contributed by atoms with Crippen molar-refractivity contribution in [1.29, 1.82) is 0 Å². The highest BCUT2D eigenvalue weighted by Gasteiger charge is 2.19. The predicted octanol–water partition coefficient (Wildman–Crippen LogP) is 4.56. The monoisotopic (exact) mass is 437 g/mol. The first-order chi connectivity index (χ1) is 14.5. The Balaban J connectivity index is 1.36. The number of benzene rings is 2. The van der Waals surface area contributed by atoms with Crippen LogP contribution in [0.2, 0.25) is 0 Å². The van der Waals surface area contributed by atoms with E-state index in [0.717, 1.165) is 20.7 Å². The Morgan fingerprint density at radius 2 is 1.83 bits per heavy atom. The van der Waals surface area contributed by atoms with Crippen LogP contribution >= 0.6 is 22.7 Å². The lowest BCUT2D eigenvalue weighted by Crippen LogP contribution is -2.47. The Hall–Kier alpha value is -3.23. The zero-order valence-electron chi connectivity index (χ0n) is 16.3. The van der Waals surface area contributed by atoms with Gasteiger partial charge in [0.05, 0.1) is 10.6 Å². The van der Waals surface area contributed by atoms with Crippen LogP contribution in [0.25, 0.3) is 20.7 Å². The predicted molar refractivity (Wildman–Crippen MR) is 120 cm³/mol. The molecule has 1 unspecified atom stereocenters. The van der Waals surface area contributed by atoms with E-state index in [1.807, 2.05) is 60.0 Å². The zero-order valence-corrected chi connectivity index (χ0v) is 18.0. The Morgan fingerprint density at radius 3 is 2.60 bits per heavy atom. The first-order valence-corrected chi connectivity index (χ1v) is 11.0. The van der Waals surface area contributed by atoms with Crippen molar-refractivity contribution in [2.75, 3.05) is 0 Å². The van der Waals surface area contributed by atoms with Crippen LogP contribution in [-0.4, -0.2) is 22.9 Å². The van der Waals surface area contributed by atoms with Gasteiger partial charge in [-0.2, -0.15) is 0 Å². The molecule has 4 aromatic rings. The number of hydrazine groups is 1. The first-order valence-electron chi connectivity index (χ1n) is 9.28. The van der Waals surface area contributed by atoms with Crippen molar-refractivity contribution < 1.29 is 14.3 Å². The van der Waals surface area contributed by atoms with E-state index in [4.69, 9.17) is 4.74 Å². The number of nitrogens with zero attached hydrogens (tertiary/aromatic N) is 1. The maximum atomic E-state index is 12.5. The second-order valence-electron chi connectivity index (χ2n) is 6.62. The third-order valence-corrected chi connectivity index (χ3v) is 6.63. The topological polar surface area (TPSA) is 80.3 Å². The lowest BCUT2D eigenvalue weighted by atomic mass is 10.1. The van der Waals surface area contributed by atoms with Gasteiger partial charge in [0.2, 0.25) is 0 Å². The van der Waals surface area contributed by atoms with E-state index in [0.29, 0.717) is 16.3 Å². The number of aromatic nitrogens is 1. The van der Waals surface area contributed by atoms with Gasteiger partial charge in [0.1, 0.15) is 15.6 Å². The molecule has 2 amide bonds. The molecule has 30 heavy (non-hydrogen) atoms. The number of ether oxygens (including phenoxy) is 1. The first kappa shape index (κ1) is 20.1. The van der Waals surface area contributed by atoms with Crippen LogP contribution in [0.3, 0.4) is 0 Å². The van der Waals surface area contributed by atoms with Crippen molar-refractivity contribution in [2.24, 2.45) is 0 Å². The van der Waals surface area contributed by atoms with Gasteiger partial charge in [-0.25, -0.2) is 4.98 Å². The molecule has 0 bridgehead atoms. The lowest BCUT2D eigenvalue weighted by molar-refractivity contribution is -0.128. The number of carbonyl (C=O) groups is 2. The van der Waals surface area contributed by atoms with E-state index in [-0.39, 0.29) is 0 Å². The fourth-order valence-electron chi connectivity index (χ4n) is 2.89. The largest absolute Gasteiger partial charge is 0.481 e. The number of nitrogens with one attached hydrogen (secondary N) is 2. The van der Waals surface area contributed by atoms with E-state index >= 15 is 0 Å². The molecule has 2 N–H and O–H groups in total. The molecule has 6 nitrogen and oxygen atoms in total. The van der Waals surface area contributed by atoms with E-state index < -0.39 is 17.9 Å². The maximum absolute atomic E-state index is 12.5. The standard InChI is InChI=1S/C22H19N3O3S2/c1-13-19(30-22(23-13)18-8-5-11-29-18)21(27)25-24-20(26)14(2)28-17-10-9-15-6-3-4-7-16(15)12-17/h3-12,14H,1-2H3,(H,24,26)(H,25,27). The Bertz CT molecular complexity index is 1200. The minimum atomic E-state index is -0.782. The average Bonchev–Trinajstić information content (AvgIpc) is 3.41. The molecule has 2 heterocycles. The van der Waals surface area contributed by atoms with E-state index in [1.54, 1.807) is 25.2 Å². The smallest absolute Gasteiger partial charge is 0.281 e. The number of thiazole rings is 1. The summed E-state index contributed by atoms with van der Waals surface area (Å²) in [7, 11) is 0. The molecule has 8 heteroatoms. The summed E-state index contributed by atoms with van der Waals surface area (Å²) < 4.78 is 5.73. The molecule has 2 aromatic heterocycles. The molecule has 1 atom stereocenters. The van der Waals surface area contributed by atoms with Gasteiger partial charge in [0.25, 0.3) is 11.8 Å². The molecule has 152 valence electrons. The van der Waals surface area contributed by atoms with Crippen LogP contribution in [-0.2, 0) is 4.79 Å². The van der Waals surface area contributed by atoms with Crippen LogP contribution < -0.4 is 15.6 Å². The molecule has 2 aromatic carbocycles. The number of aryl methyl sites for hydroxylation is 1. The molecule has 0 saturated carbocycles. The molecule has 0 radical (unpaired) electrons. The van der Waals surface area contributed by atoms with Gasteiger partial charge in [-0.3, -0.25) is 20.4 Å². The highest BCUT2D eigenvalue weighted by molar-refractivity contribution is 7.22. The quantitative estimate of drug-likeness (QED) is 0.449. The van der Waals surface area contributed by atoms with Crippen molar-refractivity contribution in [2.45, 2.75) is 20.0 Å². The third-order valence-electron chi connectivity index (χ3n) is 4.44. The number of fused-ring (bicyclic) bond motifs is 1. The fraction of sp³-hybridized carbons (Fsp3) is 0.136. The summed E-state index contributed by atoms with van der Waals surface area (Å²) >= 11 is 2.86. The van der Waals surface area contributed by atoms with Crippen molar-refractivity contribution >= 4 is 45.3 Å². The van der Waals surface area contributed by atoms with Gasteiger partial charge >= 0.3 is 0 Å². The number of rotatable bonds is 5. The SMILES string of the molecule is Cc1nc(-c2cccs2)sc1C(=O)NNC(=O)C(C)Oc1ccc2ccccc2c1. The summed E-state index contributed by atoms with van der Waals surface area (Å²) in [6.07, 6.45) is -0.782. The van der Waals surface area contributed by atoms with E-state index in [9.17, 15) is 9.59 Å². The van der Waals surface area contributed by atoms with Crippen molar-refractivity contribution in [3.63, 3.8) is 0 Å². The van der Waals surface area contributed by atoms with Crippen molar-refractivity contribution in [3.05, 3.63) is 70.5 Å². The molecular weight excluding hydrogens is 418 g/mol. The van der Waals surface area contributed by atoms with Gasteiger partial charge in [-0.1, -0.05) is 36.4 Å². The van der Waals surface area contributed by atoms with Crippen LogP contribution in [0, 0.1) is 6.92 Å². The molecular formula is C22H19N3O3S2. The van der Waals surface area contributed by atoms with Crippen molar-refractivity contribution in [3.8, 4) is 15.6 Å². The van der Waals surface area contributed by atoms with Gasteiger partial charge in [0, 0.05) is 0 Å². The van der Waals surface area contributed by atoms with Crippen LogP contribution in [0.5, 0.6) is 5.75 Å². The summed E-state index contributed by atoms with van der Waals surface area (Å²) in [6.45, 7) is 3.40. The Morgan fingerprint density at radius 1 is 1.03 bits per heavy atom. The summed E-state index contributed by atoms with van der Waals surface area (Å²) in [5, 5.41) is 4.87. The highest BCUT2D eigenvalue weighted by Crippen LogP contribution is 2.30. The van der Waals surface area contributed by atoms with Gasteiger partial charge in [0.15, 0.2) is 6.10 Å². The highest BCUT2D eigenvalue weighted by atomic mass is 32.1. The third kappa shape index (κ3) is 4.34. The number of hydrogen-bond acceptors (Lipinski definition) is 6. The Labute approximate surface area is 181 Å². The number of amides is 2. The maximum Gasteiger partial charge on any atom is 0.281 e. The second-order valence-corrected chi connectivity index (χ2v) is 8.57. The summed E-state index contributed by atoms with van der Waals surface area (Å²) in [6, 6.07) is 17.4. The molecule has 0 saturated heterocycles. The average molecular weight is 438 g/mol. The minimum absolute atomic E-state index is 0.404. The lowest BCUT2D eigenvalue weighted by Gasteiger charge is -2.15. The van der Waals surface area contributed by atoms with E-state index in [1.165, 1.54) is 11.3 Å². The normalized spacial score (nSPS) is 11.8. The zero-order chi connectivity index (χ0) is 21.1. The second kappa shape index (κ2) is 8.64. The summed E-state index contributed by atoms with van der Waals surface area (Å²) in [5.74, 6) is -0.266. The molecule has 0 spiro atoms. The molecule has 0 aliphatic rings. The summed E-state index contributed by atoms with van der Waals surface area (Å²) in [4.78, 5) is 30.8. The number of thiophene rings is 1. The molecule has 0 aliphatic carbocycles. The van der Waals surface area contributed by atoms with Crippen LogP contribution in [0.15, 0.2) is 60.0 Å². The van der Waals surface area contributed by atoms with Crippen molar-refractivity contribution in [1.82, 2.24) is 15.8 Å². The molecule has 0 fully saturated rings. The van der Waals surface area contributed by atoms with Gasteiger partial charge < -0.3 is 4.74 Å². The van der Waals surface area contributed by atoms with E-state index in [2.05, 4.69) is 15.8 Å². The van der Waals surface area contributed by atoms with Crippen LogP contribution in [0.4, 0.5) is 0 Å². The van der Waals surface area contributed by atoms with Gasteiger partial charge in [-0.15, -0.1) is 22.7 Å². The fourth-order valence-corrected chi connectivity index (χ4v) is 4.65. The number of hydrogen-bond donors (Lipinski definition) is 2. The molecule has 0 aliphatic heterocycles. The number of carbonyl (C=O) groups excluding carboxylic acids is 2. The minimum Gasteiger partial charge on any atom is -0.481 e. The Kier molecular flexibility index (Phi) is 5.78. The summed E-state index contributed by atoms with van der Waals surface area (Å²) in [5.41, 5.74) is 5.50. The molecule has 4 rings (SSSR count).